The molecule has 0 N–H and O–H groups in total. The van der Waals surface area contributed by atoms with Crippen LogP contribution >= 0.6 is 11.8 Å². The van der Waals surface area contributed by atoms with E-state index in [0.29, 0.717) is 13.0 Å². The van der Waals surface area contributed by atoms with E-state index in [1.54, 1.807) is 11.8 Å². The summed E-state index contributed by atoms with van der Waals surface area (Å²) in [5.41, 5.74) is 5.32. The number of aromatic nitrogens is 3. The molecule has 1 aliphatic heterocycles. The van der Waals surface area contributed by atoms with Crippen LogP contribution in [0.1, 0.15) is 12.0 Å². The van der Waals surface area contributed by atoms with Gasteiger partial charge in [0.05, 0.1) is 30.1 Å². The zero-order valence-electron chi connectivity index (χ0n) is 15.1. The number of para-hydroxylation sites is 1. The minimum Gasteiger partial charge on any atom is -0.346 e. The Balaban J connectivity index is 1.57. The first-order valence-corrected chi connectivity index (χ1v) is 10.1. The number of nitrogens with zero attached hydrogens (tertiary/aromatic N) is 5. The normalized spacial score (nSPS) is 13.2. The molecule has 0 aliphatic carbocycles. The van der Waals surface area contributed by atoms with Gasteiger partial charge in [-0.15, -0.1) is 0 Å². The maximum atomic E-state index is 8.96. The molecule has 0 bridgehead atoms. The molecule has 6 heteroatoms. The zero-order chi connectivity index (χ0) is 18.9. The standard InChI is InChI=1S/C22H17N5S/c23-11-6-12-26-13-18(17-9-4-5-10-21(17)26)20-15-28-22-24-19(14-27(22)25-20)16-7-2-1-3-8-16/h1-5,7-10,13-14H,6,12,15H2. The highest BCUT2D eigenvalue weighted by molar-refractivity contribution is 7.99. The van der Waals surface area contributed by atoms with Gasteiger partial charge in [-0.2, -0.15) is 10.4 Å². The second-order valence-corrected chi connectivity index (χ2v) is 7.56. The van der Waals surface area contributed by atoms with E-state index in [0.717, 1.165) is 39.0 Å². The lowest BCUT2D eigenvalue weighted by molar-refractivity contribution is 0.742. The van der Waals surface area contributed by atoms with Crippen molar-refractivity contribution in [1.29, 1.82) is 5.26 Å². The van der Waals surface area contributed by atoms with Gasteiger partial charge in [0.1, 0.15) is 0 Å². The lowest BCUT2D eigenvalue weighted by atomic mass is 10.1. The second kappa shape index (κ2) is 7.02. The number of hydrogen-bond donors (Lipinski definition) is 0. The van der Waals surface area contributed by atoms with Crippen LogP contribution in [0.3, 0.4) is 0 Å². The molecule has 28 heavy (non-hydrogen) atoms. The van der Waals surface area contributed by atoms with E-state index in [1.165, 1.54) is 5.39 Å². The smallest absolute Gasteiger partial charge is 0.189 e. The van der Waals surface area contributed by atoms with Crippen molar-refractivity contribution >= 4 is 28.4 Å². The Kier molecular flexibility index (Phi) is 4.22. The summed E-state index contributed by atoms with van der Waals surface area (Å²) in [6, 6.07) is 20.7. The molecule has 1 aliphatic rings. The van der Waals surface area contributed by atoms with Crippen LogP contribution in [0.25, 0.3) is 22.2 Å². The van der Waals surface area contributed by atoms with Crippen molar-refractivity contribution in [2.75, 3.05) is 5.75 Å². The first-order valence-electron chi connectivity index (χ1n) is 9.14. The predicted octanol–water partition coefficient (Wildman–Crippen LogP) is 4.78. The van der Waals surface area contributed by atoms with Gasteiger partial charge in [0.2, 0.25) is 0 Å². The summed E-state index contributed by atoms with van der Waals surface area (Å²) >= 11 is 1.70. The number of thioether (sulfide) groups is 1. The number of nitriles is 1. The SMILES string of the molecule is N#CCCn1cc(C2=Nn3cc(-c4ccccc4)nc3SC2)c2ccccc21. The molecule has 0 spiro atoms. The third kappa shape index (κ3) is 2.90. The molecule has 0 radical (unpaired) electrons. The lowest BCUT2D eigenvalue weighted by Crippen LogP contribution is -2.12. The predicted molar refractivity (Wildman–Crippen MR) is 112 cm³/mol. The van der Waals surface area contributed by atoms with E-state index in [9.17, 15) is 0 Å². The molecular weight excluding hydrogens is 366 g/mol. The Hall–Kier alpha value is -3.30. The fraction of sp³-hybridized carbons (Fsp3) is 0.136. The van der Waals surface area contributed by atoms with Crippen molar-refractivity contribution in [3.8, 4) is 17.3 Å². The molecule has 0 fully saturated rings. The summed E-state index contributed by atoms with van der Waals surface area (Å²) in [6.07, 6.45) is 4.61. The van der Waals surface area contributed by atoms with Gasteiger partial charge in [-0.1, -0.05) is 60.3 Å². The van der Waals surface area contributed by atoms with Gasteiger partial charge in [-0.25, -0.2) is 9.66 Å². The highest BCUT2D eigenvalue weighted by Crippen LogP contribution is 2.30. The van der Waals surface area contributed by atoms with Crippen LogP contribution in [0.2, 0.25) is 0 Å². The highest BCUT2D eigenvalue weighted by Gasteiger charge is 2.20. The van der Waals surface area contributed by atoms with E-state index in [2.05, 4.69) is 41.1 Å². The fourth-order valence-electron chi connectivity index (χ4n) is 3.53. The average Bonchev–Trinajstić information content (AvgIpc) is 3.34. The largest absolute Gasteiger partial charge is 0.346 e. The van der Waals surface area contributed by atoms with Crippen molar-refractivity contribution in [2.24, 2.45) is 5.10 Å². The number of hydrogen-bond acceptors (Lipinski definition) is 4. The topological polar surface area (TPSA) is 58.9 Å². The van der Waals surface area contributed by atoms with Crippen molar-refractivity contribution < 1.29 is 0 Å². The molecule has 3 heterocycles. The maximum Gasteiger partial charge on any atom is 0.189 e. The van der Waals surface area contributed by atoms with Crippen molar-refractivity contribution in [1.82, 2.24) is 14.2 Å². The fourth-order valence-corrected chi connectivity index (χ4v) is 4.40. The van der Waals surface area contributed by atoms with Gasteiger partial charge in [0, 0.05) is 40.5 Å². The van der Waals surface area contributed by atoms with Crippen molar-refractivity contribution in [2.45, 2.75) is 18.1 Å². The summed E-state index contributed by atoms with van der Waals surface area (Å²) < 4.78 is 4.03. The Morgan fingerprint density at radius 1 is 1.04 bits per heavy atom. The molecule has 0 unspecified atom stereocenters. The molecule has 4 aromatic rings. The van der Waals surface area contributed by atoms with E-state index < -0.39 is 0 Å². The lowest BCUT2D eigenvalue weighted by Gasteiger charge is -2.12. The monoisotopic (exact) mass is 383 g/mol. The Bertz CT molecular complexity index is 1230. The molecule has 0 saturated carbocycles. The first-order chi connectivity index (χ1) is 13.8. The minimum absolute atomic E-state index is 0.492. The number of imidazole rings is 1. The van der Waals surface area contributed by atoms with Crippen LogP contribution in [0, 0.1) is 11.3 Å². The first kappa shape index (κ1) is 16.8. The van der Waals surface area contributed by atoms with Crippen LogP contribution in [-0.2, 0) is 6.54 Å². The van der Waals surface area contributed by atoms with Gasteiger partial charge >= 0.3 is 0 Å². The molecule has 5 nitrogen and oxygen atoms in total. The Labute approximate surface area is 166 Å². The third-order valence-corrected chi connectivity index (χ3v) is 5.81. The van der Waals surface area contributed by atoms with Crippen molar-refractivity contribution in [3.63, 3.8) is 0 Å². The third-order valence-electron chi connectivity index (χ3n) is 4.86. The molecule has 2 aromatic heterocycles. The molecule has 0 amide bonds. The molecule has 0 saturated heterocycles. The molecular formula is C22H17N5S. The number of rotatable bonds is 4. The molecule has 0 atom stereocenters. The number of fused-ring (bicyclic) bond motifs is 2. The maximum absolute atomic E-state index is 8.96. The number of benzene rings is 2. The summed E-state index contributed by atoms with van der Waals surface area (Å²) in [4.78, 5) is 4.73. The summed E-state index contributed by atoms with van der Waals surface area (Å²) in [5.74, 6) is 0.775. The van der Waals surface area contributed by atoms with Crippen LogP contribution in [0.15, 0.2) is 77.2 Å². The quantitative estimate of drug-likeness (QED) is 0.510. The molecule has 5 rings (SSSR count). The van der Waals surface area contributed by atoms with Gasteiger partial charge < -0.3 is 4.57 Å². The van der Waals surface area contributed by atoms with Crippen LogP contribution in [-0.4, -0.2) is 25.7 Å². The van der Waals surface area contributed by atoms with Crippen LogP contribution < -0.4 is 0 Å². The Morgan fingerprint density at radius 3 is 2.71 bits per heavy atom. The molecule has 136 valence electrons. The van der Waals surface area contributed by atoms with Crippen LogP contribution in [0.5, 0.6) is 0 Å². The average molecular weight is 383 g/mol. The zero-order valence-corrected chi connectivity index (χ0v) is 15.9. The van der Waals surface area contributed by atoms with Gasteiger partial charge in [-0.3, -0.25) is 0 Å². The second-order valence-electron chi connectivity index (χ2n) is 6.62. The van der Waals surface area contributed by atoms with E-state index in [-0.39, 0.29) is 0 Å². The summed E-state index contributed by atoms with van der Waals surface area (Å²) in [7, 11) is 0. The van der Waals surface area contributed by atoms with Gasteiger partial charge in [0.15, 0.2) is 5.16 Å². The highest BCUT2D eigenvalue weighted by atomic mass is 32.2. The van der Waals surface area contributed by atoms with Crippen molar-refractivity contribution in [3.05, 3.63) is 72.6 Å². The summed E-state index contributed by atoms with van der Waals surface area (Å²) in [5, 5.41) is 15.9. The van der Waals surface area contributed by atoms with Gasteiger partial charge in [-0.05, 0) is 6.07 Å². The van der Waals surface area contributed by atoms with E-state index in [4.69, 9.17) is 15.3 Å². The minimum atomic E-state index is 0.492. The van der Waals surface area contributed by atoms with Crippen LogP contribution in [0.4, 0.5) is 0 Å². The van der Waals surface area contributed by atoms with Gasteiger partial charge in [0.25, 0.3) is 0 Å². The van der Waals surface area contributed by atoms with E-state index >= 15 is 0 Å². The van der Waals surface area contributed by atoms with E-state index in [1.807, 2.05) is 41.2 Å². The Morgan fingerprint density at radius 2 is 1.86 bits per heavy atom. The number of aryl methyl sites for hydroxylation is 1. The molecule has 2 aromatic carbocycles. The summed E-state index contributed by atoms with van der Waals surface area (Å²) in [6.45, 7) is 0.686.